The minimum Gasteiger partial charge on any atom is -0.457 e. The Bertz CT molecular complexity index is 1280. The van der Waals surface area contributed by atoms with Crippen molar-refractivity contribution in [2.45, 2.75) is 52.6 Å². The fraction of sp³-hybridized carbons (Fsp3) is 0.375. The highest BCUT2D eigenvalue weighted by atomic mass is 32.1. The Balaban J connectivity index is 1.42. The van der Waals surface area contributed by atoms with Crippen LogP contribution in [0.2, 0.25) is 0 Å². The van der Waals surface area contributed by atoms with E-state index in [2.05, 4.69) is 5.32 Å². The van der Waals surface area contributed by atoms with E-state index in [1.54, 1.807) is 0 Å². The molecule has 1 saturated carbocycles. The molecule has 2 aromatic heterocycles. The first kappa shape index (κ1) is 20.0. The van der Waals surface area contributed by atoms with Crippen LogP contribution in [-0.2, 0) is 29.0 Å². The third kappa shape index (κ3) is 3.78. The topological polar surface area (TPSA) is 85.6 Å². The SMILES string of the molecule is Cc1sc(NC(=O)C2CC2)c(C(=O)OCc2cc(=O)oc3cc4c(cc23)CCC4)c1C. The number of benzene rings is 1. The van der Waals surface area contributed by atoms with Crippen LogP contribution in [-0.4, -0.2) is 11.9 Å². The van der Waals surface area contributed by atoms with Crippen molar-refractivity contribution in [3.63, 3.8) is 0 Å². The number of amides is 1. The molecule has 6 nitrogen and oxygen atoms in total. The van der Waals surface area contributed by atoms with E-state index in [1.165, 1.54) is 28.5 Å². The van der Waals surface area contributed by atoms with Crippen LogP contribution in [0.25, 0.3) is 11.0 Å². The highest BCUT2D eigenvalue weighted by molar-refractivity contribution is 7.16. The van der Waals surface area contributed by atoms with E-state index in [1.807, 2.05) is 26.0 Å². The molecule has 31 heavy (non-hydrogen) atoms. The van der Waals surface area contributed by atoms with E-state index < -0.39 is 11.6 Å². The average molecular weight is 438 g/mol. The van der Waals surface area contributed by atoms with Crippen molar-refractivity contribution in [2.75, 3.05) is 5.32 Å². The summed E-state index contributed by atoms with van der Waals surface area (Å²) in [5.41, 5.74) is 4.35. The molecule has 0 spiro atoms. The lowest BCUT2D eigenvalue weighted by molar-refractivity contribution is -0.117. The maximum absolute atomic E-state index is 13.0. The zero-order valence-corrected chi connectivity index (χ0v) is 18.3. The number of hydrogen-bond donors (Lipinski definition) is 1. The molecule has 0 saturated heterocycles. The quantitative estimate of drug-likeness (QED) is 0.463. The lowest BCUT2D eigenvalue weighted by Crippen LogP contribution is -2.16. The number of fused-ring (bicyclic) bond motifs is 2. The summed E-state index contributed by atoms with van der Waals surface area (Å²) in [6.07, 6.45) is 4.86. The fourth-order valence-corrected chi connectivity index (χ4v) is 5.20. The van der Waals surface area contributed by atoms with Crippen LogP contribution in [0, 0.1) is 19.8 Å². The number of esters is 1. The van der Waals surface area contributed by atoms with Gasteiger partial charge in [-0.2, -0.15) is 0 Å². The first-order chi connectivity index (χ1) is 14.9. The second-order valence-corrected chi connectivity index (χ2v) is 9.61. The van der Waals surface area contributed by atoms with Gasteiger partial charge in [0.05, 0.1) is 5.56 Å². The van der Waals surface area contributed by atoms with E-state index in [9.17, 15) is 14.4 Å². The zero-order valence-electron chi connectivity index (χ0n) is 17.5. The van der Waals surface area contributed by atoms with E-state index in [-0.39, 0.29) is 18.4 Å². The van der Waals surface area contributed by atoms with E-state index in [0.717, 1.165) is 47.9 Å². The Kier molecular flexibility index (Phi) is 4.93. The van der Waals surface area contributed by atoms with Crippen molar-refractivity contribution in [1.82, 2.24) is 0 Å². The van der Waals surface area contributed by atoms with Crippen molar-refractivity contribution >= 4 is 39.2 Å². The van der Waals surface area contributed by atoms with Crippen molar-refractivity contribution in [3.8, 4) is 0 Å². The molecule has 160 valence electrons. The van der Waals surface area contributed by atoms with Crippen LogP contribution in [0.1, 0.15) is 56.8 Å². The van der Waals surface area contributed by atoms with Crippen LogP contribution < -0.4 is 10.9 Å². The highest BCUT2D eigenvalue weighted by Gasteiger charge is 2.31. The molecular weight excluding hydrogens is 414 g/mol. The van der Waals surface area contributed by atoms with Gasteiger partial charge in [-0.25, -0.2) is 9.59 Å². The molecular formula is C24H23NO5S. The van der Waals surface area contributed by atoms with Gasteiger partial charge in [-0.15, -0.1) is 11.3 Å². The Morgan fingerprint density at radius 1 is 1.16 bits per heavy atom. The molecule has 0 aliphatic heterocycles. The summed E-state index contributed by atoms with van der Waals surface area (Å²) in [5, 5.41) is 4.23. The molecule has 3 aromatic rings. The van der Waals surface area contributed by atoms with Gasteiger partial charge in [-0.1, -0.05) is 0 Å². The summed E-state index contributed by atoms with van der Waals surface area (Å²) >= 11 is 1.39. The Morgan fingerprint density at radius 3 is 2.65 bits per heavy atom. The predicted molar refractivity (Wildman–Crippen MR) is 119 cm³/mol. The van der Waals surface area contributed by atoms with Crippen LogP contribution in [0.15, 0.2) is 27.4 Å². The number of ether oxygens (including phenoxy) is 1. The third-order valence-electron chi connectivity index (χ3n) is 6.18. The molecule has 0 radical (unpaired) electrons. The van der Waals surface area contributed by atoms with Crippen LogP contribution >= 0.6 is 11.3 Å². The number of rotatable bonds is 5. The number of carbonyl (C=O) groups excluding carboxylic acids is 2. The summed E-state index contributed by atoms with van der Waals surface area (Å²) in [7, 11) is 0. The van der Waals surface area contributed by atoms with Gasteiger partial charge < -0.3 is 14.5 Å². The molecule has 0 bridgehead atoms. The minimum atomic E-state index is -0.504. The maximum atomic E-state index is 13.0. The van der Waals surface area contributed by atoms with Crippen molar-refractivity contribution in [2.24, 2.45) is 5.92 Å². The van der Waals surface area contributed by atoms with Gasteiger partial charge >= 0.3 is 11.6 Å². The Labute approximate surface area is 183 Å². The molecule has 5 rings (SSSR count). The van der Waals surface area contributed by atoms with E-state index >= 15 is 0 Å². The lowest BCUT2D eigenvalue weighted by atomic mass is 10.0. The Morgan fingerprint density at radius 2 is 1.90 bits per heavy atom. The van der Waals surface area contributed by atoms with Gasteiger partial charge in [0, 0.05) is 27.8 Å². The van der Waals surface area contributed by atoms with Crippen LogP contribution in [0.4, 0.5) is 5.00 Å². The standard InChI is InChI=1S/C24H23NO5S/c1-12-13(2)31-23(25-22(27)14-6-7-14)21(12)24(28)29-11-17-10-20(26)30-19-9-16-5-3-4-15(16)8-18(17)19/h8-10,14H,3-7,11H2,1-2H3,(H,25,27). The smallest absolute Gasteiger partial charge is 0.341 e. The van der Waals surface area contributed by atoms with Crippen molar-refractivity contribution < 1.29 is 18.7 Å². The van der Waals surface area contributed by atoms with Gasteiger partial charge in [0.15, 0.2) is 0 Å². The largest absolute Gasteiger partial charge is 0.457 e. The average Bonchev–Trinajstić information content (AvgIpc) is 3.42. The fourth-order valence-electron chi connectivity index (χ4n) is 4.15. The molecule has 2 aliphatic rings. The highest BCUT2D eigenvalue weighted by Crippen LogP contribution is 2.36. The number of nitrogens with one attached hydrogen (secondary N) is 1. The molecule has 0 atom stereocenters. The van der Waals surface area contributed by atoms with Crippen LogP contribution in [0.5, 0.6) is 0 Å². The second-order valence-electron chi connectivity index (χ2n) is 8.39. The molecule has 1 fully saturated rings. The first-order valence-electron chi connectivity index (χ1n) is 10.6. The van der Waals surface area contributed by atoms with E-state index in [4.69, 9.17) is 9.15 Å². The molecule has 7 heteroatoms. The molecule has 2 aliphatic carbocycles. The number of carbonyl (C=O) groups is 2. The summed E-state index contributed by atoms with van der Waals surface area (Å²) in [4.78, 5) is 38.2. The van der Waals surface area contributed by atoms with E-state index in [0.29, 0.717) is 21.7 Å². The first-order valence-corrected chi connectivity index (χ1v) is 11.4. The van der Waals surface area contributed by atoms with Gasteiger partial charge in [0.25, 0.3) is 0 Å². The van der Waals surface area contributed by atoms with Gasteiger partial charge in [-0.05, 0) is 74.8 Å². The molecule has 2 heterocycles. The summed E-state index contributed by atoms with van der Waals surface area (Å²) in [6, 6.07) is 5.37. The molecule has 0 unspecified atom stereocenters. The molecule has 1 N–H and O–H groups in total. The number of thiophene rings is 1. The monoisotopic (exact) mass is 437 g/mol. The maximum Gasteiger partial charge on any atom is 0.341 e. The Hall–Kier alpha value is -2.93. The number of hydrogen-bond acceptors (Lipinski definition) is 6. The minimum absolute atomic E-state index is 0.0376. The predicted octanol–water partition coefficient (Wildman–Crippen LogP) is 4.67. The normalized spacial score (nSPS) is 15.2. The van der Waals surface area contributed by atoms with Crippen LogP contribution in [0.3, 0.4) is 0 Å². The zero-order chi connectivity index (χ0) is 21.7. The summed E-state index contributed by atoms with van der Waals surface area (Å²) in [6.45, 7) is 3.73. The van der Waals surface area contributed by atoms with Crippen molar-refractivity contribution in [3.05, 3.63) is 61.3 Å². The number of anilines is 1. The summed E-state index contributed by atoms with van der Waals surface area (Å²) in [5.74, 6) is -0.505. The third-order valence-corrected chi connectivity index (χ3v) is 7.30. The summed E-state index contributed by atoms with van der Waals surface area (Å²) < 4.78 is 11.0. The van der Waals surface area contributed by atoms with Gasteiger partial charge in [-0.3, -0.25) is 4.79 Å². The van der Waals surface area contributed by atoms with Crippen molar-refractivity contribution in [1.29, 1.82) is 0 Å². The number of aryl methyl sites for hydroxylation is 3. The lowest BCUT2D eigenvalue weighted by Gasteiger charge is -2.10. The second kappa shape index (κ2) is 7.64. The molecule has 1 amide bonds. The van der Waals surface area contributed by atoms with Gasteiger partial charge in [0.1, 0.15) is 17.2 Å². The van der Waals surface area contributed by atoms with Gasteiger partial charge in [0.2, 0.25) is 5.91 Å². The molecule has 1 aromatic carbocycles.